The highest BCUT2D eigenvalue weighted by Gasteiger charge is 2.10. The highest BCUT2D eigenvalue weighted by atomic mass is 79.9. The number of nitrogens with two attached hydrogens (primary N) is 1. The van der Waals surface area contributed by atoms with Crippen molar-refractivity contribution >= 4 is 56.3 Å². The van der Waals surface area contributed by atoms with Crippen LogP contribution >= 0.6 is 39.1 Å². The Morgan fingerprint density at radius 3 is 2.67 bits per heavy atom. The van der Waals surface area contributed by atoms with Crippen molar-refractivity contribution in [2.24, 2.45) is 0 Å². The molecule has 0 saturated heterocycles. The fraction of sp³-hybridized carbons (Fsp3) is 0.0833. The fourth-order valence-corrected chi connectivity index (χ4v) is 2.30. The molecule has 2 rings (SSSR count). The first-order valence-corrected chi connectivity index (χ1v) is 6.66. The Kier molecular flexibility index (Phi) is 4.00. The summed E-state index contributed by atoms with van der Waals surface area (Å²) in [4.78, 5) is 4.22. The number of hydrogen-bond acceptors (Lipinski definition) is 3. The van der Waals surface area contributed by atoms with Gasteiger partial charge < -0.3 is 11.1 Å². The lowest BCUT2D eigenvalue weighted by molar-refractivity contribution is 1.26. The smallest absolute Gasteiger partial charge is 0.133 e. The van der Waals surface area contributed by atoms with Crippen molar-refractivity contribution < 1.29 is 0 Å². The topological polar surface area (TPSA) is 50.9 Å². The minimum absolute atomic E-state index is 0.448. The molecule has 0 fully saturated rings. The second-order valence-electron chi connectivity index (χ2n) is 3.78. The van der Waals surface area contributed by atoms with E-state index in [1.165, 1.54) is 0 Å². The molecule has 0 radical (unpaired) electrons. The van der Waals surface area contributed by atoms with E-state index >= 15 is 0 Å². The summed E-state index contributed by atoms with van der Waals surface area (Å²) in [5, 5.41) is 4.05. The standard InChI is InChI=1S/C12H10BrCl2N3/c1-6-4-7(16)5-17-12(6)18-9-3-2-8(13)10(14)11(9)15/h2-5H,16H2,1H3,(H,17,18). The Balaban J connectivity index is 2.37. The van der Waals surface area contributed by atoms with Crippen LogP contribution in [0.25, 0.3) is 0 Å². The van der Waals surface area contributed by atoms with Gasteiger partial charge in [-0.05, 0) is 46.6 Å². The summed E-state index contributed by atoms with van der Waals surface area (Å²) in [6, 6.07) is 5.49. The monoisotopic (exact) mass is 345 g/mol. The van der Waals surface area contributed by atoms with Crippen molar-refractivity contribution in [1.29, 1.82) is 0 Å². The van der Waals surface area contributed by atoms with Crippen molar-refractivity contribution in [3.63, 3.8) is 0 Å². The van der Waals surface area contributed by atoms with Crippen molar-refractivity contribution in [1.82, 2.24) is 4.98 Å². The third-order valence-electron chi connectivity index (χ3n) is 2.39. The average Bonchev–Trinajstić information content (AvgIpc) is 2.33. The summed E-state index contributed by atoms with van der Waals surface area (Å²) >= 11 is 15.5. The molecule has 0 unspecified atom stereocenters. The summed E-state index contributed by atoms with van der Waals surface area (Å²) in [5.41, 5.74) is 7.91. The van der Waals surface area contributed by atoms with Crippen LogP contribution in [0.5, 0.6) is 0 Å². The quantitative estimate of drug-likeness (QED) is 0.769. The van der Waals surface area contributed by atoms with Gasteiger partial charge in [-0.25, -0.2) is 4.98 Å². The maximum absolute atomic E-state index is 6.16. The molecule has 3 nitrogen and oxygen atoms in total. The summed E-state index contributed by atoms with van der Waals surface area (Å²) in [6.07, 6.45) is 1.59. The third-order valence-corrected chi connectivity index (χ3v) is 4.16. The number of aryl methyl sites for hydroxylation is 1. The van der Waals surface area contributed by atoms with Crippen LogP contribution in [-0.2, 0) is 0 Å². The molecule has 0 atom stereocenters. The second kappa shape index (κ2) is 5.34. The van der Waals surface area contributed by atoms with Crippen LogP contribution in [0.4, 0.5) is 17.2 Å². The van der Waals surface area contributed by atoms with E-state index in [9.17, 15) is 0 Å². The minimum Gasteiger partial charge on any atom is -0.397 e. The molecule has 0 aliphatic carbocycles. The average molecular weight is 347 g/mol. The lowest BCUT2D eigenvalue weighted by Crippen LogP contribution is -1.99. The molecule has 94 valence electrons. The molecule has 1 aromatic carbocycles. The number of pyridine rings is 1. The number of halogens is 3. The zero-order valence-electron chi connectivity index (χ0n) is 9.47. The van der Waals surface area contributed by atoms with Crippen LogP contribution in [0.1, 0.15) is 5.56 Å². The molecule has 0 aliphatic heterocycles. The van der Waals surface area contributed by atoms with Crippen LogP contribution in [0.2, 0.25) is 10.0 Å². The highest BCUT2D eigenvalue weighted by molar-refractivity contribution is 9.10. The van der Waals surface area contributed by atoms with Crippen LogP contribution in [0, 0.1) is 6.92 Å². The number of rotatable bonds is 2. The predicted octanol–water partition coefficient (Wildman–Crippen LogP) is 4.79. The third kappa shape index (κ3) is 2.71. The normalized spacial score (nSPS) is 10.4. The first-order chi connectivity index (χ1) is 8.49. The minimum atomic E-state index is 0.448. The fourth-order valence-electron chi connectivity index (χ4n) is 1.48. The van der Waals surface area contributed by atoms with E-state index in [1.807, 2.05) is 25.1 Å². The Morgan fingerprint density at radius 2 is 2.00 bits per heavy atom. The second-order valence-corrected chi connectivity index (χ2v) is 5.39. The maximum Gasteiger partial charge on any atom is 0.133 e. The number of anilines is 3. The summed E-state index contributed by atoms with van der Waals surface area (Å²) in [5.74, 6) is 0.699. The molecule has 1 aromatic heterocycles. The van der Waals surface area contributed by atoms with E-state index in [1.54, 1.807) is 6.20 Å². The molecule has 0 aliphatic rings. The SMILES string of the molecule is Cc1cc(N)cnc1Nc1ccc(Br)c(Cl)c1Cl. The van der Waals surface area contributed by atoms with Crippen molar-refractivity contribution in [3.8, 4) is 0 Å². The van der Waals surface area contributed by atoms with Crippen molar-refractivity contribution in [2.75, 3.05) is 11.1 Å². The Hall–Kier alpha value is -0.970. The number of nitrogens with zero attached hydrogens (tertiary/aromatic N) is 1. The molecular formula is C12H10BrCl2N3. The van der Waals surface area contributed by atoms with E-state index in [0.717, 1.165) is 10.0 Å². The number of nitrogens with one attached hydrogen (secondary N) is 1. The van der Waals surface area contributed by atoms with Gasteiger partial charge in [-0.1, -0.05) is 23.2 Å². The Bertz CT molecular complexity index is 602. The number of benzene rings is 1. The molecule has 18 heavy (non-hydrogen) atoms. The highest BCUT2D eigenvalue weighted by Crippen LogP contribution is 2.37. The van der Waals surface area contributed by atoms with Gasteiger partial charge in [-0.2, -0.15) is 0 Å². The predicted molar refractivity (Wildman–Crippen MR) is 80.8 cm³/mol. The number of aromatic nitrogens is 1. The van der Waals surface area contributed by atoms with E-state index < -0.39 is 0 Å². The number of hydrogen-bond donors (Lipinski definition) is 2. The molecule has 2 aromatic rings. The lowest BCUT2D eigenvalue weighted by Gasteiger charge is -2.11. The van der Waals surface area contributed by atoms with E-state index in [2.05, 4.69) is 26.2 Å². The first-order valence-electron chi connectivity index (χ1n) is 5.11. The van der Waals surface area contributed by atoms with E-state index in [4.69, 9.17) is 28.9 Å². The first kappa shape index (κ1) is 13.5. The maximum atomic E-state index is 6.16. The molecule has 0 saturated carbocycles. The molecule has 0 spiro atoms. The zero-order valence-corrected chi connectivity index (χ0v) is 12.6. The molecule has 1 heterocycles. The molecule has 0 bridgehead atoms. The zero-order chi connectivity index (χ0) is 13.3. The van der Waals surface area contributed by atoms with Gasteiger partial charge in [0.2, 0.25) is 0 Å². The van der Waals surface area contributed by atoms with Crippen LogP contribution in [0.3, 0.4) is 0 Å². The van der Waals surface area contributed by atoms with Crippen LogP contribution < -0.4 is 11.1 Å². The van der Waals surface area contributed by atoms with Crippen LogP contribution in [-0.4, -0.2) is 4.98 Å². The summed E-state index contributed by atoms with van der Waals surface area (Å²) in [6.45, 7) is 1.92. The lowest BCUT2D eigenvalue weighted by atomic mass is 10.2. The van der Waals surface area contributed by atoms with E-state index in [-0.39, 0.29) is 0 Å². The number of nitrogen functional groups attached to an aromatic ring is 1. The van der Waals surface area contributed by atoms with Gasteiger partial charge >= 0.3 is 0 Å². The van der Waals surface area contributed by atoms with Crippen molar-refractivity contribution in [2.45, 2.75) is 6.92 Å². The van der Waals surface area contributed by atoms with Gasteiger partial charge in [-0.3, -0.25) is 0 Å². The molecule has 6 heteroatoms. The van der Waals surface area contributed by atoms with Gasteiger partial charge in [-0.15, -0.1) is 0 Å². The Morgan fingerprint density at radius 1 is 1.28 bits per heavy atom. The van der Waals surface area contributed by atoms with Gasteiger partial charge in [0.15, 0.2) is 0 Å². The Labute approximate surface area is 123 Å². The van der Waals surface area contributed by atoms with Crippen LogP contribution in [0.15, 0.2) is 28.9 Å². The molecule has 0 amide bonds. The van der Waals surface area contributed by atoms with Gasteiger partial charge in [0.1, 0.15) is 5.82 Å². The summed E-state index contributed by atoms with van der Waals surface area (Å²) < 4.78 is 0.752. The largest absolute Gasteiger partial charge is 0.397 e. The molecular weight excluding hydrogens is 337 g/mol. The van der Waals surface area contributed by atoms with Gasteiger partial charge in [0.05, 0.1) is 27.6 Å². The van der Waals surface area contributed by atoms with Gasteiger partial charge in [0, 0.05) is 4.47 Å². The van der Waals surface area contributed by atoms with Crippen molar-refractivity contribution in [3.05, 3.63) is 44.5 Å². The van der Waals surface area contributed by atoms with E-state index in [0.29, 0.717) is 27.2 Å². The van der Waals surface area contributed by atoms with Gasteiger partial charge in [0.25, 0.3) is 0 Å². The summed E-state index contributed by atoms with van der Waals surface area (Å²) in [7, 11) is 0. The molecule has 3 N–H and O–H groups in total.